The van der Waals surface area contributed by atoms with E-state index in [2.05, 4.69) is 4.72 Å². The number of aryl methyl sites for hydroxylation is 1. The molecule has 26 heavy (non-hydrogen) atoms. The number of thioether (sulfide) groups is 1. The average Bonchev–Trinajstić information content (AvgIpc) is 2.62. The molecule has 0 spiro atoms. The number of ether oxygens (including phenoxy) is 1. The molecule has 0 aromatic heterocycles. The molecule has 5 nitrogen and oxygen atoms in total. The molecule has 1 unspecified atom stereocenters. The fourth-order valence-corrected chi connectivity index (χ4v) is 4.53. The van der Waals surface area contributed by atoms with Gasteiger partial charge in [0.25, 0.3) is 0 Å². The van der Waals surface area contributed by atoms with E-state index in [1.54, 1.807) is 19.1 Å². The molecule has 2 rings (SSSR count). The van der Waals surface area contributed by atoms with Crippen molar-refractivity contribution >= 4 is 27.8 Å². The van der Waals surface area contributed by atoms with Crippen LogP contribution < -0.4 is 4.72 Å². The minimum atomic E-state index is -3.80. The van der Waals surface area contributed by atoms with Crippen LogP contribution in [0.2, 0.25) is 0 Å². The van der Waals surface area contributed by atoms with Crippen LogP contribution >= 0.6 is 11.8 Å². The van der Waals surface area contributed by atoms with Crippen molar-refractivity contribution in [1.29, 1.82) is 0 Å². The number of hydrogen-bond acceptors (Lipinski definition) is 5. The van der Waals surface area contributed by atoms with Crippen LogP contribution in [0.3, 0.4) is 0 Å². The third-order valence-electron chi connectivity index (χ3n) is 3.60. The SMILES string of the molecule is CCOC(=O)C(CSCc1ccccc1)NS(=O)(=O)c1ccc(C)cc1. The van der Waals surface area contributed by atoms with Crippen molar-refractivity contribution in [2.45, 2.75) is 30.5 Å². The molecule has 0 amide bonds. The normalized spacial score (nSPS) is 12.5. The highest BCUT2D eigenvalue weighted by Gasteiger charge is 2.26. The van der Waals surface area contributed by atoms with Gasteiger partial charge in [-0.05, 0) is 31.5 Å². The molecule has 0 bridgehead atoms. The van der Waals surface area contributed by atoms with Gasteiger partial charge in [0.05, 0.1) is 11.5 Å². The molecular formula is C19H23NO4S2. The summed E-state index contributed by atoms with van der Waals surface area (Å²) in [5.74, 6) is 0.408. The van der Waals surface area contributed by atoms with Gasteiger partial charge in [-0.15, -0.1) is 0 Å². The highest BCUT2D eigenvalue weighted by molar-refractivity contribution is 7.98. The first kappa shape index (κ1) is 20.5. The molecule has 0 aliphatic heterocycles. The van der Waals surface area contributed by atoms with Crippen LogP contribution in [0, 0.1) is 6.92 Å². The Balaban J connectivity index is 2.06. The summed E-state index contributed by atoms with van der Waals surface area (Å²) in [6, 6.07) is 15.4. The Bertz CT molecular complexity index is 805. The first-order chi connectivity index (χ1) is 12.4. The summed E-state index contributed by atoms with van der Waals surface area (Å²) >= 11 is 1.48. The lowest BCUT2D eigenvalue weighted by molar-refractivity contribution is -0.144. The molecule has 0 saturated carbocycles. The summed E-state index contributed by atoms with van der Waals surface area (Å²) in [6.45, 7) is 3.77. The van der Waals surface area contributed by atoms with Gasteiger partial charge in [0, 0.05) is 11.5 Å². The zero-order chi connectivity index (χ0) is 19.0. The maximum Gasteiger partial charge on any atom is 0.325 e. The van der Waals surface area contributed by atoms with Gasteiger partial charge in [-0.2, -0.15) is 16.5 Å². The van der Waals surface area contributed by atoms with Crippen molar-refractivity contribution in [3.05, 3.63) is 65.7 Å². The zero-order valence-electron chi connectivity index (χ0n) is 14.8. The summed E-state index contributed by atoms with van der Waals surface area (Å²) in [5.41, 5.74) is 2.07. The van der Waals surface area contributed by atoms with Crippen LogP contribution in [-0.4, -0.2) is 32.8 Å². The van der Waals surface area contributed by atoms with Crippen LogP contribution in [0.1, 0.15) is 18.1 Å². The number of esters is 1. The minimum absolute atomic E-state index is 0.130. The molecular weight excluding hydrogens is 370 g/mol. The van der Waals surface area contributed by atoms with Gasteiger partial charge in [0.2, 0.25) is 10.0 Å². The smallest absolute Gasteiger partial charge is 0.325 e. The lowest BCUT2D eigenvalue weighted by atomic mass is 10.2. The second-order valence-corrected chi connectivity index (χ2v) is 8.48. The zero-order valence-corrected chi connectivity index (χ0v) is 16.5. The van der Waals surface area contributed by atoms with E-state index in [0.29, 0.717) is 11.5 Å². The van der Waals surface area contributed by atoms with E-state index in [1.165, 1.54) is 23.9 Å². The molecule has 0 radical (unpaired) electrons. The van der Waals surface area contributed by atoms with Crippen LogP contribution in [0.25, 0.3) is 0 Å². The van der Waals surface area contributed by atoms with Gasteiger partial charge in [-0.1, -0.05) is 48.0 Å². The quantitative estimate of drug-likeness (QED) is 0.663. The Morgan fingerprint density at radius 3 is 2.38 bits per heavy atom. The van der Waals surface area contributed by atoms with Crippen molar-refractivity contribution in [3.63, 3.8) is 0 Å². The van der Waals surface area contributed by atoms with Crippen LogP contribution in [0.4, 0.5) is 0 Å². The predicted octanol–water partition coefficient (Wildman–Crippen LogP) is 3.14. The molecule has 2 aromatic rings. The summed E-state index contributed by atoms with van der Waals surface area (Å²) in [6.07, 6.45) is 0. The third-order valence-corrected chi connectivity index (χ3v) is 6.19. The molecule has 0 aliphatic carbocycles. The lowest BCUT2D eigenvalue weighted by Crippen LogP contribution is -2.43. The minimum Gasteiger partial charge on any atom is -0.465 e. The van der Waals surface area contributed by atoms with Gasteiger partial charge in [0.15, 0.2) is 0 Å². The fraction of sp³-hybridized carbons (Fsp3) is 0.316. The maximum atomic E-state index is 12.6. The summed E-state index contributed by atoms with van der Waals surface area (Å²) in [7, 11) is -3.80. The van der Waals surface area contributed by atoms with Gasteiger partial charge in [0.1, 0.15) is 6.04 Å². The van der Waals surface area contributed by atoms with Crippen molar-refractivity contribution in [1.82, 2.24) is 4.72 Å². The molecule has 0 aliphatic rings. The molecule has 2 aromatic carbocycles. The molecule has 1 atom stereocenters. The molecule has 0 fully saturated rings. The summed E-state index contributed by atoms with van der Waals surface area (Å²) in [5, 5.41) is 0. The second kappa shape index (κ2) is 9.75. The number of sulfonamides is 1. The lowest BCUT2D eigenvalue weighted by Gasteiger charge is -2.17. The van der Waals surface area contributed by atoms with Crippen LogP contribution in [0.15, 0.2) is 59.5 Å². The Morgan fingerprint density at radius 1 is 1.12 bits per heavy atom. The van der Waals surface area contributed by atoms with Gasteiger partial charge in [-0.3, -0.25) is 4.79 Å². The standard InChI is InChI=1S/C19H23NO4S2/c1-3-24-19(21)18(14-25-13-16-7-5-4-6-8-16)20-26(22,23)17-11-9-15(2)10-12-17/h4-12,18,20H,3,13-14H2,1-2H3. The van der Waals surface area contributed by atoms with Gasteiger partial charge in [-0.25, -0.2) is 8.42 Å². The van der Waals surface area contributed by atoms with E-state index in [9.17, 15) is 13.2 Å². The van der Waals surface area contributed by atoms with E-state index in [1.807, 2.05) is 37.3 Å². The number of carbonyl (C=O) groups is 1. The van der Waals surface area contributed by atoms with Gasteiger partial charge < -0.3 is 4.74 Å². The van der Waals surface area contributed by atoms with Gasteiger partial charge >= 0.3 is 5.97 Å². The Kier molecular flexibility index (Phi) is 7.68. The molecule has 0 heterocycles. The van der Waals surface area contributed by atoms with E-state index in [4.69, 9.17) is 4.74 Å². The summed E-state index contributed by atoms with van der Waals surface area (Å²) < 4.78 is 32.6. The molecule has 7 heteroatoms. The molecule has 0 saturated heterocycles. The number of rotatable bonds is 9. The summed E-state index contributed by atoms with van der Waals surface area (Å²) in [4.78, 5) is 12.3. The van der Waals surface area contributed by atoms with Crippen molar-refractivity contribution < 1.29 is 17.9 Å². The van der Waals surface area contributed by atoms with Crippen molar-refractivity contribution in [3.8, 4) is 0 Å². The monoisotopic (exact) mass is 393 g/mol. The number of hydrogen-bond donors (Lipinski definition) is 1. The first-order valence-electron chi connectivity index (χ1n) is 8.29. The largest absolute Gasteiger partial charge is 0.465 e. The Hall–Kier alpha value is -1.83. The maximum absolute atomic E-state index is 12.6. The highest BCUT2D eigenvalue weighted by atomic mass is 32.2. The van der Waals surface area contributed by atoms with E-state index in [0.717, 1.165) is 11.1 Å². The van der Waals surface area contributed by atoms with E-state index >= 15 is 0 Å². The first-order valence-corrected chi connectivity index (χ1v) is 10.9. The highest BCUT2D eigenvalue weighted by Crippen LogP contribution is 2.16. The topological polar surface area (TPSA) is 72.5 Å². The second-order valence-electron chi connectivity index (χ2n) is 5.74. The van der Waals surface area contributed by atoms with Crippen molar-refractivity contribution in [2.75, 3.05) is 12.4 Å². The number of carbonyl (C=O) groups excluding carboxylic acids is 1. The van der Waals surface area contributed by atoms with E-state index in [-0.39, 0.29) is 11.5 Å². The van der Waals surface area contributed by atoms with Crippen LogP contribution in [-0.2, 0) is 25.3 Å². The predicted molar refractivity (Wildman–Crippen MR) is 105 cm³/mol. The number of benzene rings is 2. The van der Waals surface area contributed by atoms with Crippen molar-refractivity contribution in [2.24, 2.45) is 0 Å². The Morgan fingerprint density at radius 2 is 1.77 bits per heavy atom. The van der Waals surface area contributed by atoms with E-state index < -0.39 is 22.0 Å². The third kappa shape index (κ3) is 6.16. The molecule has 1 N–H and O–H groups in total. The number of nitrogens with one attached hydrogen (secondary N) is 1. The molecule has 140 valence electrons. The fourth-order valence-electron chi connectivity index (χ4n) is 2.23. The Labute approximate surface area is 159 Å². The van der Waals surface area contributed by atoms with Crippen LogP contribution in [0.5, 0.6) is 0 Å². The average molecular weight is 394 g/mol.